The summed E-state index contributed by atoms with van der Waals surface area (Å²) in [6.45, 7) is 2.63. The van der Waals surface area contributed by atoms with Gasteiger partial charge in [0.1, 0.15) is 5.01 Å². The minimum absolute atomic E-state index is 0.495. The van der Waals surface area contributed by atoms with Gasteiger partial charge in [0.2, 0.25) is 5.89 Å². The molecule has 0 bridgehead atoms. The second kappa shape index (κ2) is 3.86. The Labute approximate surface area is 96.9 Å². The first-order valence-electron chi connectivity index (χ1n) is 5.29. The summed E-state index contributed by atoms with van der Waals surface area (Å²) in [5.41, 5.74) is 1.05. The normalized spacial score (nSPS) is 15.3. The fraction of sp³-hybridized carbons (Fsp3) is 0.500. The van der Waals surface area contributed by atoms with Crippen molar-refractivity contribution in [1.29, 1.82) is 0 Å². The van der Waals surface area contributed by atoms with Crippen LogP contribution in [0.1, 0.15) is 35.4 Å². The highest BCUT2D eigenvalue weighted by Gasteiger charge is 2.29. The Bertz CT molecular complexity index is 488. The second-order valence-corrected chi connectivity index (χ2v) is 4.90. The van der Waals surface area contributed by atoms with E-state index in [9.17, 15) is 0 Å². The molecule has 0 radical (unpaired) electrons. The van der Waals surface area contributed by atoms with Crippen molar-refractivity contribution >= 4 is 17.4 Å². The van der Waals surface area contributed by atoms with Gasteiger partial charge in [-0.3, -0.25) is 0 Å². The Morgan fingerprint density at radius 2 is 2.38 bits per heavy atom. The number of nitrogens with zero attached hydrogens (tertiary/aromatic N) is 3. The van der Waals surface area contributed by atoms with Crippen molar-refractivity contribution in [2.75, 3.05) is 5.32 Å². The third kappa shape index (κ3) is 2.06. The monoisotopic (exact) mass is 236 g/mol. The SMILES string of the molecule is Cc1csc(CNc2nnc(C3CC3)o2)n1. The third-order valence-corrected chi connectivity index (χ3v) is 3.39. The minimum Gasteiger partial charge on any atom is -0.408 e. The fourth-order valence-corrected chi connectivity index (χ4v) is 2.15. The van der Waals surface area contributed by atoms with Crippen LogP contribution in [0.4, 0.5) is 6.01 Å². The van der Waals surface area contributed by atoms with E-state index >= 15 is 0 Å². The van der Waals surface area contributed by atoms with E-state index < -0.39 is 0 Å². The van der Waals surface area contributed by atoms with E-state index in [1.165, 1.54) is 12.8 Å². The summed E-state index contributed by atoms with van der Waals surface area (Å²) in [5.74, 6) is 1.27. The molecular formula is C10H12N4OS. The zero-order chi connectivity index (χ0) is 11.0. The van der Waals surface area contributed by atoms with Crippen molar-refractivity contribution in [1.82, 2.24) is 15.2 Å². The molecule has 3 rings (SSSR count). The predicted octanol–water partition coefficient (Wildman–Crippen LogP) is 2.32. The van der Waals surface area contributed by atoms with Gasteiger partial charge in [-0.15, -0.1) is 16.4 Å². The van der Waals surface area contributed by atoms with Crippen molar-refractivity contribution < 1.29 is 4.42 Å². The molecule has 0 atom stereocenters. The average molecular weight is 236 g/mol. The molecule has 1 aliphatic rings. The zero-order valence-electron chi connectivity index (χ0n) is 8.93. The Hall–Kier alpha value is -1.43. The summed E-state index contributed by atoms with van der Waals surface area (Å²) >= 11 is 1.63. The predicted molar refractivity (Wildman–Crippen MR) is 60.5 cm³/mol. The standard InChI is InChI=1S/C10H12N4OS/c1-6-5-16-8(12-6)4-11-10-14-13-9(15-10)7-2-3-7/h5,7H,2-4H2,1H3,(H,11,14). The van der Waals surface area contributed by atoms with Crippen LogP contribution >= 0.6 is 11.3 Å². The first-order chi connectivity index (χ1) is 7.81. The Balaban J connectivity index is 1.61. The lowest BCUT2D eigenvalue weighted by Gasteiger charge is -1.96. The van der Waals surface area contributed by atoms with E-state index in [4.69, 9.17) is 4.42 Å². The minimum atomic E-state index is 0.495. The molecule has 5 nitrogen and oxygen atoms in total. The van der Waals surface area contributed by atoms with Gasteiger partial charge < -0.3 is 9.73 Å². The van der Waals surface area contributed by atoms with Crippen LogP contribution in [0.2, 0.25) is 0 Å². The van der Waals surface area contributed by atoms with E-state index in [0.717, 1.165) is 16.6 Å². The summed E-state index contributed by atoms with van der Waals surface area (Å²) in [7, 11) is 0. The van der Waals surface area contributed by atoms with Crippen LogP contribution in [0.3, 0.4) is 0 Å². The summed E-state index contributed by atoms with van der Waals surface area (Å²) in [6, 6.07) is 0.495. The van der Waals surface area contributed by atoms with Crippen LogP contribution in [0.25, 0.3) is 0 Å². The van der Waals surface area contributed by atoms with Crippen LogP contribution in [0.15, 0.2) is 9.80 Å². The molecule has 16 heavy (non-hydrogen) atoms. The fourth-order valence-electron chi connectivity index (χ4n) is 1.44. The van der Waals surface area contributed by atoms with Gasteiger partial charge in [0.05, 0.1) is 6.54 Å². The molecular weight excluding hydrogens is 224 g/mol. The molecule has 2 heterocycles. The van der Waals surface area contributed by atoms with Crippen molar-refractivity contribution in [3.63, 3.8) is 0 Å². The van der Waals surface area contributed by atoms with Crippen molar-refractivity contribution in [2.24, 2.45) is 0 Å². The summed E-state index contributed by atoms with van der Waals surface area (Å²) < 4.78 is 5.48. The lowest BCUT2D eigenvalue weighted by Crippen LogP contribution is -1.99. The molecule has 84 valence electrons. The molecule has 0 aliphatic heterocycles. The Morgan fingerprint density at radius 1 is 1.50 bits per heavy atom. The highest BCUT2D eigenvalue weighted by atomic mass is 32.1. The van der Waals surface area contributed by atoms with Gasteiger partial charge in [-0.25, -0.2) is 4.98 Å². The van der Waals surface area contributed by atoms with E-state index in [2.05, 4.69) is 20.5 Å². The number of aryl methyl sites for hydroxylation is 1. The maximum absolute atomic E-state index is 5.48. The molecule has 1 N–H and O–H groups in total. The number of thiazole rings is 1. The number of hydrogen-bond donors (Lipinski definition) is 1. The molecule has 0 saturated heterocycles. The van der Waals surface area contributed by atoms with Crippen molar-refractivity contribution in [2.45, 2.75) is 32.2 Å². The van der Waals surface area contributed by atoms with E-state index in [0.29, 0.717) is 18.5 Å². The lowest BCUT2D eigenvalue weighted by atomic mass is 10.4. The first kappa shape index (κ1) is 9.77. The quantitative estimate of drug-likeness (QED) is 0.882. The van der Waals surface area contributed by atoms with Gasteiger partial charge in [0.25, 0.3) is 0 Å². The van der Waals surface area contributed by atoms with Crippen LogP contribution in [-0.2, 0) is 6.54 Å². The van der Waals surface area contributed by atoms with E-state index in [1.807, 2.05) is 12.3 Å². The summed E-state index contributed by atoms with van der Waals surface area (Å²) in [6.07, 6.45) is 2.35. The highest BCUT2D eigenvalue weighted by molar-refractivity contribution is 7.09. The number of nitrogens with one attached hydrogen (secondary N) is 1. The van der Waals surface area contributed by atoms with Crippen LogP contribution in [0, 0.1) is 6.92 Å². The van der Waals surface area contributed by atoms with Crippen LogP contribution in [0.5, 0.6) is 0 Å². The van der Waals surface area contributed by atoms with Crippen molar-refractivity contribution in [3.8, 4) is 0 Å². The topological polar surface area (TPSA) is 63.8 Å². The molecule has 2 aromatic heterocycles. The molecule has 2 aromatic rings. The van der Waals surface area contributed by atoms with Gasteiger partial charge >= 0.3 is 6.01 Å². The third-order valence-electron chi connectivity index (χ3n) is 2.42. The largest absolute Gasteiger partial charge is 0.408 e. The van der Waals surface area contributed by atoms with Gasteiger partial charge in [-0.2, -0.15) is 0 Å². The lowest BCUT2D eigenvalue weighted by molar-refractivity contribution is 0.507. The zero-order valence-corrected chi connectivity index (χ0v) is 9.75. The average Bonchev–Trinajstić information content (AvgIpc) is 2.87. The molecule has 0 spiro atoms. The van der Waals surface area contributed by atoms with Crippen LogP contribution in [-0.4, -0.2) is 15.2 Å². The molecule has 0 amide bonds. The number of hydrogen-bond acceptors (Lipinski definition) is 6. The Morgan fingerprint density at radius 3 is 3.06 bits per heavy atom. The van der Waals surface area contributed by atoms with E-state index in [-0.39, 0.29) is 0 Å². The van der Waals surface area contributed by atoms with Crippen LogP contribution < -0.4 is 5.32 Å². The molecule has 6 heteroatoms. The van der Waals surface area contributed by atoms with Gasteiger partial charge in [0, 0.05) is 17.0 Å². The number of rotatable bonds is 4. The van der Waals surface area contributed by atoms with E-state index in [1.54, 1.807) is 11.3 Å². The van der Waals surface area contributed by atoms with Crippen molar-refractivity contribution in [3.05, 3.63) is 22.0 Å². The first-order valence-corrected chi connectivity index (χ1v) is 6.17. The van der Waals surface area contributed by atoms with Gasteiger partial charge in [-0.1, -0.05) is 5.10 Å². The number of anilines is 1. The molecule has 0 unspecified atom stereocenters. The molecule has 1 fully saturated rings. The maximum atomic E-state index is 5.48. The summed E-state index contributed by atoms with van der Waals surface area (Å²) in [5, 5.41) is 14.1. The maximum Gasteiger partial charge on any atom is 0.315 e. The Kier molecular flexibility index (Phi) is 2.36. The summed E-state index contributed by atoms with van der Waals surface area (Å²) in [4.78, 5) is 4.35. The smallest absolute Gasteiger partial charge is 0.315 e. The number of aromatic nitrogens is 3. The molecule has 1 saturated carbocycles. The van der Waals surface area contributed by atoms with Gasteiger partial charge in [-0.05, 0) is 19.8 Å². The molecule has 0 aromatic carbocycles. The van der Waals surface area contributed by atoms with Gasteiger partial charge in [0.15, 0.2) is 0 Å². The highest BCUT2D eigenvalue weighted by Crippen LogP contribution is 2.39. The molecule has 1 aliphatic carbocycles. The second-order valence-electron chi connectivity index (χ2n) is 3.96.